The lowest BCUT2D eigenvalue weighted by Gasteiger charge is -2.18. The zero-order chi connectivity index (χ0) is 12.8. The van der Waals surface area contributed by atoms with E-state index in [1.165, 1.54) is 51.4 Å². The Morgan fingerprint density at radius 3 is 2.24 bits per heavy atom. The van der Waals surface area contributed by atoms with Crippen LogP contribution in [0.1, 0.15) is 71.6 Å². The smallest absolute Gasteiger partial charge is 0.0477 e. The highest BCUT2D eigenvalue weighted by molar-refractivity contribution is 4.66. The van der Waals surface area contributed by atoms with Gasteiger partial charge in [0.05, 0.1) is 0 Å². The highest BCUT2D eigenvalue weighted by Crippen LogP contribution is 2.10. The monoisotopic (exact) mass is 243 g/mol. The Morgan fingerprint density at radius 2 is 1.59 bits per heavy atom. The van der Waals surface area contributed by atoms with E-state index in [0.717, 1.165) is 19.6 Å². The third-order valence-corrected chi connectivity index (χ3v) is 3.26. The Balaban J connectivity index is 3.45. The van der Waals surface area contributed by atoms with Crippen LogP contribution in [-0.2, 0) is 4.74 Å². The van der Waals surface area contributed by atoms with Crippen molar-refractivity contribution in [3.8, 4) is 0 Å². The summed E-state index contributed by atoms with van der Waals surface area (Å²) in [6.07, 6.45) is 12.0. The number of hydrogen-bond acceptors (Lipinski definition) is 2. The van der Waals surface area contributed by atoms with E-state index in [1.807, 2.05) is 0 Å². The molecule has 2 heteroatoms. The summed E-state index contributed by atoms with van der Waals surface area (Å²) in [5.74, 6) is 0. The summed E-state index contributed by atoms with van der Waals surface area (Å²) in [6.45, 7) is 6.53. The third kappa shape index (κ3) is 12.2. The van der Waals surface area contributed by atoms with Crippen LogP contribution in [0.4, 0.5) is 0 Å². The largest absolute Gasteiger partial charge is 0.385 e. The molecule has 0 radical (unpaired) electrons. The molecule has 104 valence electrons. The Hall–Kier alpha value is -0.0800. The lowest BCUT2D eigenvalue weighted by molar-refractivity contribution is 0.180. The molecule has 1 unspecified atom stereocenters. The number of nitrogens with one attached hydrogen (secondary N) is 1. The summed E-state index contributed by atoms with van der Waals surface area (Å²) in [5.41, 5.74) is 0. The zero-order valence-electron chi connectivity index (χ0n) is 12.3. The summed E-state index contributed by atoms with van der Waals surface area (Å²) in [4.78, 5) is 0. The van der Waals surface area contributed by atoms with Gasteiger partial charge in [0.15, 0.2) is 0 Å². The van der Waals surface area contributed by atoms with Gasteiger partial charge in [-0.05, 0) is 25.8 Å². The molecule has 17 heavy (non-hydrogen) atoms. The molecule has 2 nitrogen and oxygen atoms in total. The minimum absolute atomic E-state index is 0.668. The Labute approximate surface area is 109 Å². The van der Waals surface area contributed by atoms with E-state index in [9.17, 15) is 0 Å². The molecule has 0 aliphatic carbocycles. The molecule has 1 atom stereocenters. The molecule has 0 saturated heterocycles. The molecule has 0 amide bonds. The number of rotatable bonds is 13. The van der Waals surface area contributed by atoms with Crippen molar-refractivity contribution < 1.29 is 4.74 Å². The molecular weight excluding hydrogens is 210 g/mol. The SMILES string of the molecule is CCCCCCCCC(CCOC)NCCC. The van der Waals surface area contributed by atoms with Crippen LogP contribution < -0.4 is 5.32 Å². The molecule has 0 fully saturated rings. The minimum Gasteiger partial charge on any atom is -0.385 e. The van der Waals surface area contributed by atoms with Crippen molar-refractivity contribution in [2.45, 2.75) is 77.7 Å². The first-order chi connectivity index (χ1) is 8.35. The first-order valence-electron chi connectivity index (χ1n) is 7.57. The molecule has 0 aromatic rings. The molecule has 0 aromatic carbocycles. The van der Waals surface area contributed by atoms with Crippen molar-refractivity contribution in [2.75, 3.05) is 20.3 Å². The molecule has 0 aliphatic heterocycles. The van der Waals surface area contributed by atoms with Crippen molar-refractivity contribution >= 4 is 0 Å². The van der Waals surface area contributed by atoms with Gasteiger partial charge in [0.1, 0.15) is 0 Å². The molecular formula is C15H33NO. The second kappa shape index (κ2) is 14.0. The topological polar surface area (TPSA) is 21.3 Å². The maximum atomic E-state index is 5.17. The van der Waals surface area contributed by atoms with E-state index in [2.05, 4.69) is 19.2 Å². The maximum Gasteiger partial charge on any atom is 0.0477 e. The molecule has 0 spiro atoms. The molecule has 0 rings (SSSR count). The van der Waals surface area contributed by atoms with Gasteiger partial charge in [0.2, 0.25) is 0 Å². The van der Waals surface area contributed by atoms with Crippen molar-refractivity contribution in [2.24, 2.45) is 0 Å². The Bertz CT molecular complexity index is 131. The lowest BCUT2D eigenvalue weighted by atomic mass is 10.0. The van der Waals surface area contributed by atoms with E-state index in [1.54, 1.807) is 7.11 Å². The average Bonchev–Trinajstić information content (AvgIpc) is 2.35. The van der Waals surface area contributed by atoms with E-state index < -0.39 is 0 Å². The highest BCUT2D eigenvalue weighted by Gasteiger charge is 2.06. The number of ether oxygens (including phenoxy) is 1. The van der Waals surface area contributed by atoms with Crippen LogP contribution in [0.3, 0.4) is 0 Å². The molecule has 0 heterocycles. The van der Waals surface area contributed by atoms with Gasteiger partial charge in [0.25, 0.3) is 0 Å². The first-order valence-corrected chi connectivity index (χ1v) is 7.57. The predicted octanol–water partition coefficient (Wildman–Crippen LogP) is 4.14. The van der Waals surface area contributed by atoms with Crippen LogP contribution in [0.25, 0.3) is 0 Å². The molecule has 1 N–H and O–H groups in total. The number of methoxy groups -OCH3 is 1. The third-order valence-electron chi connectivity index (χ3n) is 3.26. The molecule has 0 saturated carbocycles. The van der Waals surface area contributed by atoms with Crippen molar-refractivity contribution in [1.29, 1.82) is 0 Å². The van der Waals surface area contributed by atoms with Crippen LogP contribution in [0, 0.1) is 0 Å². The van der Waals surface area contributed by atoms with E-state index in [-0.39, 0.29) is 0 Å². The summed E-state index contributed by atoms with van der Waals surface area (Å²) in [7, 11) is 1.79. The molecule has 0 bridgehead atoms. The fraction of sp³-hybridized carbons (Fsp3) is 1.00. The van der Waals surface area contributed by atoms with Crippen LogP contribution in [-0.4, -0.2) is 26.3 Å². The zero-order valence-corrected chi connectivity index (χ0v) is 12.3. The summed E-state index contributed by atoms with van der Waals surface area (Å²) in [5, 5.41) is 3.63. The normalized spacial score (nSPS) is 12.9. The Kier molecular flexibility index (Phi) is 13.9. The Morgan fingerprint density at radius 1 is 0.882 bits per heavy atom. The molecule has 0 aliphatic rings. The van der Waals surface area contributed by atoms with Crippen LogP contribution in [0.5, 0.6) is 0 Å². The number of hydrogen-bond donors (Lipinski definition) is 1. The van der Waals surface area contributed by atoms with Gasteiger partial charge in [-0.15, -0.1) is 0 Å². The van der Waals surface area contributed by atoms with Gasteiger partial charge >= 0.3 is 0 Å². The first kappa shape index (κ1) is 16.9. The van der Waals surface area contributed by atoms with Gasteiger partial charge in [0, 0.05) is 19.8 Å². The summed E-state index contributed by atoms with van der Waals surface area (Å²) >= 11 is 0. The van der Waals surface area contributed by atoms with Crippen LogP contribution >= 0.6 is 0 Å². The van der Waals surface area contributed by atoms with Gasteiger partial charge in [-0.1, -0.05) is 52.4 Å². The maximum absolute atomic E-state index is 5.17. The quantitative estimate of drug-likeness (QED) is 0.491. The fourth-order valence-corrected chi connectivity index (χ4v) is 2.13. The van der Waals surface area contributed by atoms with Gasteiger partial charge in [-0.2, -0.15) is 0 Å². The lowest BCUT2D eigenvalue weighted by Crippen LogP contribution is -2.30. The van der Waals surface area contributed by atoms with Gasteiger partial charge < -0.3 is 10.1 Å². The standard InChI is InChI=1S/C15H33NO/c1-4-6-7-8-9-10-11-15(12-14-17-3)16-13-5-2/h15-16H,4-14H2,1-3H3. The van der Waals surface area contributed by atoms with E-state index >= 15 is 0 Å². The fourth-order valence-electron chi connectivity index (χ4n) is 2.13. The van der Waals surface area contributed by atoms with Crippen LogP contribution in [0.15, 0.2) is 0 Å². The van der Waals surface area contributed by atoms with Crippen molar-refractivity contribution in [3.05, 3.63) is 0 Å². The highest BCUT2D eigenvalue weighted by atomic mass is 16.5. The van der Waals surface area contributed by atoms with Crippen LogP contribution in [0.2, 0.25) is 0 Å². The van der Waals surface area contributed by atoms with Crippen molar-refractivity contribution in [1.82, 2.24) is 5.32 Å². The predicted molar refractivity (Wildman–Crippen MR) is 76.6 cm³/mol. The van der Waals surface area contributed by atoms with Gasteiger partial charge in [-0.3, -0.25) is 0 Å². The molecule has 0 aromatic heterocycles. The second-order valence-electron chi connectivity index (χ2n) is 4.99. The van der Waals surface area contributed by atoms with E-state index in [0.29, 0.717) is 6.04 Å². The summed E-state index contributed by atoms with van der Waals surface area (Å²) < 4.78 is 5.17. The number of unbranched alkanes of at least 4 members (excludes halogenated alkanes) is 5. The average molecular weight is 243 g/mol. The minimum atomic E-state index is 0.668. The second-order valence-corrected chi connectivity index (χ2v) is 4.99. The van der Waals surface area contributed by atoms with E-state index in [4.69, 9.17) is 4.74 Å². The summed E-state index contributed by atoms with van der Waals surface area (Å²) in [6, 6.07) is 0.668. The van der Waals surface area contributed by atoms with Gasteiger partial charge in [-0.25, -0.2) is 0 Å². The van der Waals surface area contributed by atoms with Crippen molar-refractivity contribution in [3.63, 3.8) is 0 Å².